The number of unbranched alkanes of at least 4 members (excludes halogenated alkanes) is 22. The first-order valence-electron chi connectivity index (χ1n) is 21.3. The van der Waals surface area contributed by atoms with Gasteiger partial charge < -0.3 is 39.0 Å². The lowest BCUT2D eigenvalue weighted by molar-refractivity contribution is -0.308. The lowest BCUT2D eigenvalue weighted by Crippen LogP contribution is -2.45. The molecular weight excluding hydrogens is 709 g/mol. The third-order valence-corrected chi connectivity index (χ3v) is 10.1. The van der Waals surface area contributed by atoms with Gasteiger partial charge >= 0.3 is 11.9 Å². The molecule has 0 aromatic rings. The fraction of sp³-hybridized carbons (Fsp3) is 0.833. The van der Waals surface area contributed by atoms with E-state index in [9.17, 15) is 28.9 Å². The Hall–Kier alpha value is -2.04. The van der Waals surface area contributed by atoms with Crippen molar-refractivity contribution in [3.63, 3.8) is 0 Å². The van der Waals surface area contributed by atoms with Crippen molar-refractivity contribution >= 4 is 25.7 Å². The van der Waals surface area contributed by atoms with Gasteiger partial charge in [-0.3, -0.25) is 14.2 Å². The number of esters is 2. The molecule has 0 spiro atoms. The van der Waals surface area contributed by atoms with Crippen molar-refractivity contribution in [2.45, 2.75) is 206 Å². The van der Waals surface area contributed by atoms with Crippen LogP contribution in [-0.2, 0) is 37.5 Å². The first kappa shape index (κ1) is 52.0. The van der Waals surface area contributed by atoms with Crippen molar-refractivity contribution < 1.29 is 47.5 Å². The maximum Gasteiger partial charge on any atom is 0.306 e. The second kappa shape index (κ2) is 37.9. The minimum atomic E-state index is -4.99. The van der Waals surface area contributed by atoms with Crippen molar-refractivity contribution in [3.05, 3.63) is 24.3 Å². The van der Waals surface area contributed by atoms with Gasteiger partial charge in [-0.25, -0.2) is 0 Å². The number of rotatable bonds is 40. The van der Waals surface area contributed by atoms with E-state index in [2.05, 4.69) is 42.7 Å². The molecule has 316 valence electrons. The Kier molecular flexibility index (Phi) is 36.4. The number of carboxylic acid groups (broad SMARTS) is 1. The molecule has 3 atom stereocenters. The van der Waals surface area contributed by atoms with Gasteiger partial charge in [0, 0.05) is 12.8 Å². The summed E-state index contributed by atoms with van der Waals surface area (Å²) in [4.78, 5) is 47.9. The number of hydrogen-bond donors (Lipinski definition) is 1. The van der Waals surface area contributed by atoms with Gasteiger partial charge in [0.2, 0.25) is 0 Å². The third-order valence-electron chi connectivity index (χ3n) is 9.15. The molecule has 2 N–H and O–H groups in total. The normalized spacial score (nSPS) is 14.0. The first-order valence-corrected chi connectivity index (χ1v) is 22.8. The molecule has 0 fully saturated rings. The highest BCUT2D eigenvalue weighted by Gasteiger charge is 2.21. The Morgan fingerprint density at radius 3 is 1.35 bits per heavy atom. The number of carbonyl (C=O) groups is 3. The van der Waals surface area contributed by atoms with Gasteiger partial charge in [0.1, 0.15) is 6.61 Å². The van der Waals surface area contributed by atoms with Crippen LogP contribution in [0.1, 0.15) is 194 Å². The highest BCUT2D eigenvalue weighted by molar-refractivity contribution is 7.45. The molecule has 0 saturated heterocycles. The van der Waals surface area contributed by atoms with Gasteiger partial charge in [-0.05, 0) is 64.2 Å². The molecule has 1 unspecified atom stereocenters. The molecule has 0 bridgehead atoms. The number of ether oxygens (including phenoxy) is 2. The summed E-state index contributed by atoms with van der Waals surface area (Å²) in [6.45, 7) is 2.53. The van der Waals surface area contributed by atoms with E-state index < -0.39 is 51.1 Å². The molecule has 0 aliphatic heterocycles. The van der Waals surface area contributed by atoms with Crippen LogP contribution in [0.2, 0.25) is 0 Å². The summed E-state index contributed by atoms with van der Waals surface area (Å²) < 4.78 is 32.2. The zero-order valence-corrected chi connectivity index (χ0v) is 34.9. The molecular formula is C42H76NO10P-2. The van der Waals surface area contributed by atoms with Gasteiger partial charge in [-0.1, -0.05) is 141 Å². The number of aliphatic carboxylic acids is 1. The smallest absolute Gasteiger partial charge is 0.306 e. The molecule has 0 saturated carbocycles. The van der Waals surface area contributed by atoms with Crippen LogP contribution in [0.15, 0.2) is 24.3 Å². The van der Waals surface area contributed by atoms with Gasteiger partial charge in [0.05, 0.1) is 25.2 Å². The molecule has 11 nitrogen and oxygen atoms in total. The molecule has 0 aromatic heterocycles. The van der Waals surface area contributed by atoms with Gasteiger partial charge in [-0.2, -0.15) is 0 Å². The van der Waals surface area contributed by atoms with E-state index in [1.165, 1.54) is 77.0 Å². The lowest BCUT2D eigenvalue weighted by atomic mass is 10.1. The Bertz CT molecular complexity index is 1020. The SMILES string of the molecule is CCCCCCCC/C=C\CCCCCCCC(=O)OC[C@H](COP(=O)([O-])OC[C@H](N)C(=O)[O-])OC(=O)CCCCCCC/C=C\CCCCCCCC. The number of allylic oxidation sites excluding steroid dienone is 4. The highest BCUT2D eigenvalue weighted by Crippen LogP contribution is 2.38. The average molecular weight is 786 g/mol. The van der Waals surface area contributed by atoms with E-state index in [4.69, 9.17) is 19.7 Å². The topological polar surface area (TPSA) is 177 Å². The quantitative estimate of drug-likeness (QED) is 0.0271. The summed E-state index contributed by atoms with van der Waals surface area (Å²) in [6, 6.07) is -1.67. The predicted molar refractivity (Wildman–Crippen MR) is 212 cm³/mol. The van der Waals surface area contributed by atoms with Crippen LogP contribution in [0.4, 0.5) is 0 Å². The summed E-state index contributed by atoms with van der Waals surface area (Å²) in [7, 11) is -4.99. The standard InChI is InChI=1S/C42H78NO10P/c1-3-5-7-9-11-13-15-17-19-21-23-25-27-29-31-33-40(44)50-35-38(36-51-54(48,49)52-37-39(43)42(46)47)53-41(45)34-32-30-28-26-24-22-20-18-16-14-12-10-8-6-4-2/h17-20,38-39H,3-16,21-37,43H2,1-2H3,(H,46,47)(H,48,49)/p-2/b19-17-,20-18-/t38-,39+/m1/s1. The largest absolute Gasteiger partial charge is 0.756 e. The molecule has 0 amide bonds. The van der Waals surface area contributed by atoms with E-state index in [1.54, 1.807) is 0 Å². The minimum absolute atomic E-state index is 0.128. The van der Waals surface area contributed by atoms with Crippen LogP contribution < -0.4 is 15.7 Å². The highest BCUT2D eigenvalue weighted by atomic mass is 31.2. The Morgan fingerprint density at radius 2 is 0.926 bits per heavy atom. The van der Waals surface area contributed by atoms with E-state index in [1.807, 2.05) is 0 Å². The van der Waals surface area contributed by atoms with E-state index in [0.717, 1.165) is 77.0 Å². The number of carbonyl (C=O) groups excluding carboxylic acids is 3. The molecule has 54 heavy (non-hydrogen) atoms. The zero-order valence-electron chi connectivity index (χ0n) is 34.0. The fourth-order valence-corrected chi connectivity index (χ4v) is 6.52. The summed E-state index contributed by atoms with van der Waals surface area (Å²) in [6.07, 6.45) is 37.8. The monoisotopic (exact) mass is 786 g/mol. The van der Waals surface area contributed by atoms with Crippen LogP contribution in [0, 0.1) is 0 Å². The second-order valence-electron chi connectivity index (χ2n) is 14.4. The number of phosphoric acid groups is 1. The van der Waals surface area contributed by atoms with Crippen LogP contribution in [0.5, 0.6) is 0 Å². The van der Waals surface area contributed by atoms with Gasteiger partial charge in [0.15, 0.2) is 6.10 Å². The van der Waals surface area contributed by atoms with Crippen LogP contribution >= 0.6 is 7.82 Å². The number of phosphoric ester groups is 1. The molecule has 0 aliphatic rings. The summed E-state index contributed by atoms with van der Waals surface area (Å²) >= 11 is 0. The number of nitrogens with two attached hydrogens (primary N) is 1. The Balaban J connectivity index is 4.40. The molecule has 0 aromatic carbocycles. The fourth-order valence-electron chi connectivity index (χ4n) is 5.75. The predicted octanol–water partition coefficient (Wildman–Crippen LogP) is 9.10. The molecule has 0 heterocycles. The minimum Gasteiger partial charge on any atom is -0.756 e. The molecule has 12 heteroatoms. The molecule has 0 aliphatic carbocycles. The van der Waals surface area contributed by atoms with Crippen molar-refractivity contribution in [2.24, 2.45) is 5.73 Å². The first-order chi connectivity index (χ1) is 26.1. The third kappa shape index (κ3) is 36.9. The Morgan fingerprint density at radius 1 is 0.556 bits per heavy atom. The summed E-state index contributed by atoms with van der Waals surface area (Å²) in [5.41, 5.74) is 5.24. The average Bonchev–Trinajstić information content (AvgIpc) is 3.14. The van der Waals surface area contributed by atoms with Crippen molar-refractivity contribution in [2.75, 3.05) is 19.8 Å². The van der Waals surface area contributed by atoms with Crippen molar-refractivity contribution in [1.29, 1.82) is 0 Å². The number of hydrogen-bond acceptors (Lipinski definition) is 11. The maximum absolute atomic E-state index is 12.6. The van der Waals surface area contributed by atoms with Crippen LogP contribution in [0.3, 0.4) is 0 Å². The number of carboxylic acids is 1. The maximum atomic E-state index is 12.6. The summed E-state index contributed by atoms with van der Waals surface area (Å²) in [5, 5.41) is 10.8. The van der Waals surface area contributed by atoms with Crippen molar-refractivity contribution in [3.8, 4) is 0 Å². The second-order valence-corrected chi connectivity index (χ2v) is 15.8. The van der Waals surface area contributed by atoms with Crippen LogP contribution in [0.25, 0.3) is 0 Å². The van der Waals surface area contributed by atoms with Crippen molar-refractivity contribution in [1.82, 2.24) is 0 Å². The molecule has 0 rings (SSSR count). The lowest BCUT2D eigenvalue weighted by Gasteiger charge is -2.26. The molecule has 0 radical (unpaired) electrons. The van der Waals surface area contributed by atoms with E-state index in [0.29, 0.717) is 12.8 Å². The van der Waals surface area contributed by atoms with E-state index in [-0.39, 0.29) is 19.4 Å². The van der Waals surface area contributed by atoms with Crippen LogP contribution in [-0.4, -0.2) is 49.9 Å². The van der Waals surface area contributed by atoms with Gasteiger partial charge in [0.25, 0.3) is 7.82 Å². The zero-order chi connectivity index (χ0) is 40.0. The summed E-state index contributed by atoms with van der Waals surface area (Å²) in [5.74, 6) is -2.72. The van der Waals surface area contributed by atoms with Gasteiger partial charge in [-0.15, -0.1) is 0 Å². The van der Waals surface area contributed by atoms with E-state index >= 15 is 0 Å². The Labute approximate surface area is 328 Å².